The molecule has 86 valence electrons. The standard InChI is InChI=1S/C10H11F2N3O/c1-2-7(6-13-16)14-15-10-8(11)4-3-5-9(10)12/h3-6,15-16H,2H2,1H3. The zero-order valence-corrected chi connectivity index (χ0v) is 8.61. The molecule has 0 spiro atoms. The van der Waals surface area contributed by atoms with Crippen molar-refractivity contribution in [2.24, 2.45) is 10.3 Å². The van der Waals surface area contributed by atoms with Crippen molar-refractivity contribution in [2.45, 2.75) is 13.3 Å². The molecule has 0 aliphatic carbocycles. The summed E-state index contributed by atoms with van der Waals surface area (Å²) in [5.74, 6) is -1.47. The van der Waals surface area contributed by atoms with Crippen molar-refractivity contribution >= 4 is 17.6 Å². The van der Waals surface area contributed by atoms with Crippen molar-refractivity contribution in [1.82, 2.24) is 0 Å². The van der Waals surface area contributed by atoms with Crippen LogP contribution < -0.4 is 5.43 Å². The van der Waals surface area contributed by atoms with E-state index in [-0.39, 0.29) is 5.69 Å². The second-order valence-corrected chi connectivity index (χ2v) is 2.91. The molecule has 0 fully saturated rings. The Bertz CT molecular complexity index is 398. The van der Waals surface area contributed by atoms with Gasteiger partial charge in [0.1, 0.15) is 5.69 Å². The minimum absolute atomic E-state index is 0.334. The van der Waals surface area contributed by atoms with E-state index in [1.165, 1.54) is 6.07 Å². The molecule has 0 atom stereocenters. The first-order valence-electron chi connectivity index (χ1n) is 4.63. The van der Waals surface area contributed by atoms with Crippen molar-refractivity contribution in [3.05, 3.63) is 29.8 Å². The normalized spacial score (nSPS) is 12.1. The second kappa shape index (κ2) is 5.79. The van der Waals surface area contributed by atoms with E-state index >= 15 is 0 Å². The third kappa shape index (κ3) is 3.01. The van der Waals surface area contributed by atoms with Gasteiger partial charge in [0.05, 0.1) is 11.9 Å². The maximum Gasteiger partial charge on any atom is 0.151 e. The first-order chi connectivity index (χ1) is 7.69. The minimum atomic E-state index is -0.736. The van der Waals surface area contributed by atoms with Crippen LogP contribution in [0, 0.1) is 11.6 Å². The van der Waals surface area contributed by atoms with Gasteiger partial charge in [-0.1, -0.05) is 18.1 Å². The Balaban J connectivity index is 2.88. The van der Waals surface area contributed by atoms with Crippen molar-refractivity contribution in [3.63, 3.8) is 0 Å². The van der Waals surface area contributed by atoms with Crippen LogP contribution in [0.5, 0.6) is 0 Å². The number of halogens is 2. The summed E-state index contributed by atoms with van der Waals surface area (Å²) in [7, 11) is 0. The average molecular weight is 227 g/mol. The highest BCUT2D eigenvalue weighted by molar-refractivity contribution is 6.30. The topological polar surface area (TPSA) is 57.0 Å². The molecule has 0 aliphatic rings. The average Bonchev–Trinajstić information content (AvgIpc) is 2.27. The molecule has 0 amide bonds. The van der Waals surface area contributed by atoms with Crippen molar-refractivity contribution < 1.29 is 14.0 Å². The first kappa shape index (κ1) is 12.1. The molecule has 1 aromatic rings. The number of hydrogen-bond acceptors (Lipinski definition) is 4. The van der Waals surface area contributed by atoms with Gasteiger partial charge in [0.25, 0.3) is 0 Å². The zero-order valence-electron chi connectivity index (χ0n) is 8.61. The van der Waals surface area contributed by atoms with Gasteiger partial charge >= 0.3 is 0 Å². The SMILES string of the molecule is CCC(C=NO)=NNc1c(F)cccc1F. The number of benzene rings is 1. The largest absolute Gasteiger partial charge is 0.411 e. The van der Waals surface area contributed by atoms with Gasteiger partial charge in [-0.3, -0.25) is 5.43 Å². The van der Waals surface area contributed by atoms with Crippen molar-refractivity contribution in [2.75, 3.05) is 5.43 Å². The van der Waals surface area contributed by atoms with E-state index in [4.69, 9.17) is 5.21 Å². The molecule has 0 unspecified atom stereocenters. The summed E-state index contributed by atoms with van der Waals surface area (Å²) < 4.78 is 26.3. The summed E-state index contributed by atoms with van der Waals surface area (Å²) in [6.45, 7) is 1.76. The number of hydrogen-bond donors (Lipinski definition) is 2. The van der Waals surface area contributed by atoms with Gasteiger partial charge in [-0.15, -0.1) is 0 Å². The van der Waals surface area contributed by atoms with Crippen molar-refractivity contribution in [1.29, 1.82) is 0 Å². The number of rotatable bonds is 4. The summed E-state index contributed by atoms with van der Waals surface area (Å²) in [6.07, 6.45) is 1.55. The summed E-state index contributed by atoms with van der Waals surface area (Å²) in [6, 6.07) is 3.49. The Labute approximate surface area is 91.3 Å². The van der Waals surface area contributed by atoms with Crippen LogP contribution in [-0.2, 0) is 0 Å². The van der Waals surface area contributed by atoms with E-state index in [0.29, 0.717) is 12.1 Å². The quantitative estimate of drug-likeness (QED) is 0.472. The van der Waals surface area contributed by atoms with Crippen LogP contribution in [0.1, 0.15) is 13.3 Å². The fourth-order valence-electron chi connectivity index (χ4n) is 0.998. The van der Waals surface area contributed by atoms with Gasteiger partial charge < -0.3 is 5.21 Å². The third-order valence-corrected chi connectivity index (χ3v) is 1.84. The summed E-state index contributed by atoms with van der Waals surface area (Å²) in [5, 5.41) is 14.8. The predicted molar refractivity (Wildman–Crippen MR) is 58.0 cm³/mol. The molecule has 0 bridgehead atoms. The Hall–Kier alpha value is -1.98. The minimum Gasteiger partial charge on any atom is -0.411 e. The summed E-state index contributed by atoms with van der Waals surface area (Å²) in [5.41, 5.74) is 2.28. The Morgan fingerprint density at radius 3 is 2.56 bits per heavy atom. The molecular weight excluding hydrogens is 216 g/mol. The molecule has 1 aromatic carbocycles. The fraction of sp³-hybridized carbons (Fsp3) is 0.200. The highest BCUT2D eigenvalue weighted by Crippen LogP contribution is 2.17. The summed E-state index contributed by atoms with van der Waals surface area (Å²) in [4.78, 5) is 0. The molecule has 2 N–H and O–H groups in total. The molecule has 6 heteroatoms. The van der Waals surface area contributed by atoms with Gasteiger partial charge in [-0.25, -0.2) is 8.78 Å². The highest BCUT2D eigenvalue weighted by atomic mass is 19.1. The Kier molecular flexibility index (Phi) is 4.38. The van der Waals surface area contributed by atoms with Crippen LogP contribution >= 0.6 is 0 Å². The molecule has 0 saturated heterocycles. The number of oxime groups is 1. The maximum atomic E-state index is 13.1. The Morgan fingerprint density at radius 1 is 1.44 bits per heavy atom. The molecule has 0 aromatic heterocycles. The van der Waals surface area contributed by atoms with Gasteiger partial charge in [0.15, 0.2) is 11.6 Å². The molecule has 0 aliphatic heterocycles. The molecule has 16 heavy (non-hydrogen) atoms. The number of para-hydroxylation sites is 1. The van der Waals surface area contributed by atoms with E-state index in [9.17, 15) is 8.78 Å². The third-order valence-electron chi connectivity index (χ3n) is 1.84. The van der Waals surface area contributed by atoms with Gasteiger partial charge in [0.2, 0.25) is 0 Å². The second-order valence-electron chi connectivity index (χ2n) is 2.91. The van der Waals surface area contributed by atoms with E-state index in [1.807, 2.05) is 0 Å². The van der Waals surface area contributed by atoms with Crippen LogP contribution in [0.2, 0.25) is 0 Å². The number of nitrogens with one attached hydrogen (secondary N) is 1. The maximum absolute atomic E-state index is 13.1. The molecule has 0 saturated carbocycles. The van der Waals surface area contributed by atoms with Gasteiger partial charge in [-0.2, -0.15) is 5.10 Å². The zero-order chi connectivity index (χ0) is 12.0. The molecular formula is C10H11F2N3O. The predicted octanol–water partition coefficient (Wildman–Crippen LogP) is 2.60. The molecule has 0 radical (unpaired) electrons. The lowest BCUT2D eigenvalue weighted by molar-refractivity contribution is 0.322. The van der Waals surface area contributed by atoms with Crippen LogP contribution in [-0.4, -0.2) is 17.1 Å². The van der Waals surface area contributed by atoms with Crippen molar-refractivity contribution in [3.8, 4) is 0 Å². The molecule has 1 rings (SSSR count). The number of anilines is 1. The van der Waals surface area contributed by atoms with Gasteiger partial charge in [0, 0.05) is 0 Å². The summed E-state index contributed by atoms with van der Waals surface area (Å²) >= 11 is 0. The van der Waals surface area contributed by atoms with Gasteiger partial charge in [-0.05, 0) is 18.6 Å². The highest BCUT2D eigenvalue weighted by Gasteiger charge is 2.06. The lowest BCUT2D eigenvalue weighted by Gasteiger charge is -2.04. The first-order valence-corrected chi connectivity index (χ1v) is 4.63. The molecule has 4 nitrogen and oxygen atoms in total. The van der Waals surface area contributed by atoms with E-state index < -0.39 is 11.6 Å². The van der Waals surface area contributed by atoms with E-state index in [2.05, 4.69) is 15.7 Å². The van der Waals surface area contributed by atoms with Crippen LogP contribution in [0.25, 0.3) is 0 Å². The Morgan fingerprint density at radius 2 is 2.06 bits per heavy atom. The van der Waals surface area contributed by atoms with Crippen LogP contribution in [0.3, 0.4) is 0 Å². The van der Waals surface area contributed by atoms with Crippen LogP contribution in [0.15, 0.2) is 28.5 Å². The number of hydrazone groups is 1. The fourth-order valence-corrected chi connectivity index (χ4v) is 0.998. The van der Waals surface area contributed by atoms with E-state index in [1.54, 1.807) is 6.92 Å². The smallest absolute Gasteiger partial charge is 0.151 e. The number of nitrogens with zero attached hydrogens (tertiary/aromatic N) is 2. The van der Waals surface area contributed by atoms with Crippen LogP contribution in [0.4, 0.5) is 14.5 Å². The lowest BCUT2D eigenvalue weighted by atomic mass is 10.3. The lowest BCUT2D eigenvalue weighted by Crippen LogP contribution is -2.04. The monoisotopic (exact) mass is 227 g/mol. The molecule has 0 heterocycles. The van der Waals surface area contributed by atoms with E-state index in [0.717, 1.165) is 18.3 Å².